The first-order valence-corrected chi connectivity index (χ1v) is 5.87. The number of carbonyl (C=O) groups excluding carboxylic acids is 1. The van der Waals surface area contributed by atoms with Crippen molar-refractivity contribution in [3.63, 3.8) is 0 Å². The van der Waals surface area contributed by atoms with Crippen LogP contribution in [0.4, 0.5) is 5.69 Å². The second-order valence-corrected chi connectivity index (χ2v) is 4.47. The van der Waals surface area contributed by atoms with E-state index in [1.807, 2.05) is 18.2 Å². The van der Waals surface area contributed by atoms with Gasteiger partial charge in [0.15, 0.2) is 6.29 Å². The zero-order valence-corrected chi connectivity index (χ0v) is 10.0. The van der Waals surface area contributed by atoms with E-state index in [2.05, 4.69) is 16.8 Å². The number of rotatable bonds is 3. The van der Waals surface area contributed by atoms with Gasteiger partial charge in [0, 0.05) is 31.9 Å². The molecule has 17 heavy (non-hydrogen) atoms. The van der Waals surface area contributed by atoms with E-state index in [4.69, 9.17) is 0 Å². The van der Waals surface area contributed by atoms with Gasteiger partial charge in [0.05, 0.1) is 0 Å². The van der Waals surface area contributed by atoms with Gasteiger partial charge in [-0.3, -0.25) is 0 Å². The second kappa shape index (κ2) is 5.29. The maximum absolute atomic E-state index is 10.6. The lowest BCUT2D eigenvalue weighted by atomic mass is 10.1. The van der Waals surface area contributed by atoms with Crippen molar-refractivity contribution in [3.8, 4) is 0 Å². The van der Waals surface area contributed by atoms with E-state index in [0.717, 1.165) is 31.9 Å². The van der Waals surface area contributed by atoms with Crippen LogP contribution in [0.25, 0.3) is 0 Å². The number of nitrogens with zero attached hydrogens (tertiary/aromatic N) is 2. The van der Waals surface area contributed by atoms with Crippen molar-refractivity contribution < 1.29 is 9.90 Å². The van der Waals surface area contributed by atoms with Crippen molar-refractivity contribution in [2.24, 2.45) is 0 Å². The van der Waals surface area contributed by atoms with Crippen LogP contribution in [0.5, 0.6) is 0 Å². The normalized spacial score (nSPS) is 19.1. The minimum atomic E-state index is -1.01. The Kier molecular flexibility index (Phi) is 3.76. The Hall–Kier alpha value is -1.39. The third-order valence-electron chi connectivity index (χ3n) is 3.21. The average molecular weight is 234 g/mol. The van der Waals surface area contributed by atoms with Crippen molar-refractivity contribution in [3.05, 3.63) is 29.8 Å². The molecule has 2 rings (SSSR count). The number of piperazine rings is 1. The first kappa shape index (κ1) is 12.1. The molecular formula is C13H18N2O2. The minimum absolute atomic E-state index is 0.559. The molecule has 0 amide bonds. The molecule has 1 aromatic rings. The van der Waals surface area contributed by atoms with Crippen molar-refractivity contribution >= 4 is 12.0 Å². The van der Waals surface area contributed by atoms with Crippen LogP contribution in [-0.2, 0) is 4.79 Å². The van der Waals surface area contributed by atoms with Gasteiger partial charge in [0.1, 0.15) is 6.10 Å². The number of anilines is 1. The lowest BCUT2D eigenvalue weighted by Gasteiger charge is -2.34. The third-order valence-corrected chi connectivity index (χ3v) is 3.21. The Balaban J connectivity index is 2.13. The van der Waals surface area contributed by atoms with Crippen LogP contribution in [0.15, 0.2) is 24.3 Å². The summed E-state index contributed by atoms with van der Waals surface area (Å²) in [5.41, 5.74) is 1.74. The van der Waals surface area contributed by atoms with Crippen LogP contribution in [-0.4, -0.2) is 49.5 Å². The fourth-order valence-corrected chi connectivity index (χ4v) is 2.05. The Morgan fingerprint density at radius 2 is 2.00 bits per heavy atom. The lowest BCUT2D eigenvalue weighted by Crippen LogP contribution is -2.44. The molecule has 92 valence electrons. The number of aldehydes is 1. The smallest absolute Gasteiger partial charge is 0.153 e. The predicted molar refractivity (Wildman–Crippen MR) is 67.2 cm³/mol. The van der Waals surface area contributed by atoms with Gasteiger partial charge in [0.2, 0.25) is 0 Å². The Bertz CT molecular complexity index is 387. The quantitative estimate of drug-likeness (QED) is 0.781. The standard InChI is InChI=1S/C13H18N2O2/c1-14-5-7-15(8-6-14)12-4-2-3-11(9-12)13(17)10-16/h2-4,9-10,13,17H,5-8H2,1H3/t13-/m1/s1. The van der Waals surface area contributed by atoms with Gasteiger partial charge in [-0.1, -0.05) is 12.1 Å². The number of hydrogen-bond donors (Lipinski definition) is 1. The van der Waals surface area contributed by atoms with Gasteiger partial charge < -0.3 is 19.7 Å². The van der Waals surface area contributed by atoms with Gasteiger partial charge in [-0.15, -0.1) is 0 Å². The van der Waals surface area contributed by atoms with E-state index < -0.39 is 6.10 Å². The molecular weight excluding hydrogens is 216 g/mol. The molecule has 1 fully saturated rings. The Morgan fingerprint density at radius 3 is 2.65 bits per heavy atom. The Morgan fingerprint density at radius 1 is 1.29 bits per heavy atom. The van der Waals surface area contributed by atoms with Crippen molar-refractivity contribution in [2.75, 3.05) is 38.1 Å². The van der Waals surface area contributed by atoms with Crippen LogP contribution < -0.4 is 4.90 Å². The lowest BCUT2D eigenvalue weighted by molar-refractivity contribution is -0.115. The molecule has 4 nitrogen and oxygen atoms in total. The molecule has 0 bridgehead atoms. The van der Waals surface area contributed by atoms with Gasteiger partial charge in [-0.2, -0.15) is 0 Å². The maximum atomic E-state index is 10.6. The summed E-state index contributed by atoms with van der Waals surface area (Å²) in [4.78, 5) is 15.1. The molecule has 0 aromatic heterocycles. The summed E-state index contributed by atoms with van der Waals surface area (Å²) in [6.45, 7) is 4.05. The molecule has 1 aromatic carbocycles. The van der Waals surface area contributed by atoms with E-state index >= 15 is 0 Å². The van der Waals surface area contributed by atoms with Crippen LogP contribution in [0.3, 0.4) is 0 Å². The zero-order chi connectivity index (χ0) is 12.3. The molecule has 1 aliphatic rings. The molecule has 1 N–H and O–H groups in total. The fourth-order valence-electron chi connectivity index (χ4n) is 2.05. The summed E-state index contributed by atoms with van der Waals surface area (Å²) in [5.74, 6) is 0. The molecule has 1 aliphatic heterocycles. The summed E-state index contributed by atoms with van der Waals surface area (Å²) in [6, 6.07) is 7.57. The van der Waals surface area contributed by atoms with Crippen molar-refractivity contribution in [1.82, 2.24) is 4.90 Å². The third kappa shape index (κ3) is 2.84. The van der Waals surface area contributed by atoms with Gasteiger partial charge in [0.25, 0.3) is 0 Å². The number of carbonyl (C=O) groups is 1. The van der Waals surface area contributed by atoms with E-state index in [1.54, 1.807) is 6.07 Å². The van der Waals surface area contributed by atoms with Crippen LogP contribution in [0.2, 0.25) is 0 Å². The molecule has 0 unspecified atom stereocenters. The first-order valence-electron chi connectivity index (χ1n) is 5.87. The number of benzene rings is 1. The monoisotopic (exact) mass is 234 g/mol. The predicted octanol–water partition coefficient (Wildman–Crippen LogP) is 0.671. The molecule has 1 atom stereocenters. The van der Waals surface area contributed by atoms with E-state index in [-0.39, 0.29) is 0 Å². The summed E-state index contributed by atoms with van der Waals surface area (Å²) in [5, 5.41) is 9.50. The molecule has 0 radical (unpaired) electrons. The highest BCUT2D eigenvalue weighted by molar-refractivity contribution is 5.61. The van der Waals surface area contributed by atoms with E-state index in [1.165, 1.54) is 0 Å². The van der Waals surface area contributed by atoms with Gasteiger partial charge >= 0.3 is 0 Å². The van der Waals surface area contributed by atoms with Crippen LogP contribution in [0.1, 0.15) is 11.7 Å². The van der Waals surface area contributed by atoms with Gasteiger partial charge in [-0.05, 0) is 24.7 Å². The highest BCUT2D eigenvalue weighted by atomic mass is 16.3. The largest absolute Gasteiger partial charge is 0.381 e. The average Bonchev–Trinajstić information content (AvgIpc) is 2.39. The first-order chi connectivity index (χ1) is 8.20. The van der Waals surface area contributed by atoms with Crippen molar-refractivity contribution in [2.45, 2.75) is 6.10 Å². The topological polar surface area (TPSA) is 43.8 Å². The summed E-state index contributed by atoms with van der Waals surface area (Å²) < 4.78 is 0. The summed E-state index contributed by atoms with van der Waals surface area (Å²) in [7, 11) is 2.11. The Labute approximate surface area is 101 Å². The molecule has 1 saturated heterocycles. The molecule has 0 spiro atoms. The highest BCUT2D eigenvalue weighted by Crippen LogP contribution is 2.20. The molecule has 4 heteroatoms. The van der Waals surface area contributed by atoms with E-state index in [0.29, 0.717) is 11.8 Å². The number of hydrogen-bond acceptors (Lipinski definition) is 4. The maximum Gasteiger partial charge on any atom is 0.153 e. The highest BCUT2D eigenvalue weighted by Gasteiger charge is 2.15. The molecule has 1 heterocycles. The summed E-state index contributed by atoms with van der Waals surface area (Å²) in [6.07, 6.45) is -0.453. The zero-order valence-electron chi connectivity index (χ0n) is 10.0. The summed E-state index contributed by atoms with van der Waals surface area (Å²) >= 11 is 0. The number of likely N-dealkylation sites (N-methyl/N-ethyl adjacent to an activating group) is 1. The van der Waals surface area contributed by atoms with Gasteiger partial charge in [-0.25, -0.2) is 0 Å². The van der Waals surface area contributed by atoms with Crippen molar-refractivity contribution in [1.29, 1.82) is 0 Å². The second-order valence-electron chi connectivity index (χ2n) is 4.47. The van der Waals surface area contributed by atoms with E-state index in [9.17, 15) is 9.90 Å². The number of aliphatic hydroxyl groups is 1. The SMILES string of the molecule is CN1CCN(c2cccc([C@H](O)C=O)c2)CC1. The minimum Gasteiger partial charge on any atom is -0.381 e. The molecule has 0 aliphatic carbocycles. The van der Waals surface area contributed by atoms with Crippen LogP contribution >= 0.6 is 0 Å². The molecule has 0 saturated carbocycles. The fraction of sp³-hybridized carbons (Fsp3) is 0.462. The number of aliphatic hydroxyl groups excluding tert-OH is 1. The van der Waals surface area contributed by atoms with Crippen LogP contribution in [0, 0.1) is 0 Å².